The first-order chi connectivity index (χ1) is 13.5. The predicted molar refractivity (Wildman–Crippen MR) is 110 cm³/mol. The molecule has 2 aromatic carbocycles. The molecule has 0 spiro atoms. The van der Waals surface area contributed by atoms with Gasteiger partial charge in [0, 0.05) is 30.5 Å². The van der Waals surface area contributed by atoms with Gasteiger partial charge in [-0.3, -0.25) is 4.72 Å². The zero-order chi connectivity index (χ0) is 19.6. The number of nitrogens with one attached hydrogen (secondary N) is 1. The fourth-order valence-electron chi connectivity index (χ4n) is 3.57. The number of nitrogens with zero attached hydrogens (tertiary/aromatic N) is 3. The van der Waals surface area contributed by atoms with Crippen molar-refractivity contribution in [2.75, 3.05) is 16.7 Å². The van der Waals surface area contributed by atoms with Gasteiger partial charge in [-0.25, -0.2) is 18.4 Å². The molecule has 1 aliphatic rings. The summed E-state index contributed by atoms with van der Waals surface area (Å²) in [6, 6.07) is 15.8. The number of hydrogen-bond acceptors (Lipinski definition) is 5. The van der Waals surface area contributed by atoms with E-state index in [0.29, 0.717) is 12.2 Å². The summed E-state index contributed by atoms with van der Waals surface area (Å²) in [6.45, 7) is 0.629. The molecule has 0 aliphatic heterocycles. The second-order valence-corrected chi connectivity index (χ2v) is 8.63. The number of aromatic nitrogens is 2. The molecule has 1 heterocycles. The van der Waals surface area contributed by atoms with Crippen LogP contribution >= 0.6 is 0 Å². The van der Waals surface area contributed by atoms with Gasteiger partial charge in [-0.1, -0.05) is 30.3 Å². The fourth-order valence-corrected chi connectivity index (χ4v) is 4.64. The molecule has 0 fully saturated rings. The minimum Gasteiger partial charge on any atom is -0.355 e. The van der Waals surface area contributed by atoms with Crippen LogP contribution in [0.3, 0.4) is 0 Å². The second kappa shape index (κ2) is 7.59. The van der Waals surface area contributed by atoms with E-state index >= 15 is 0 Å². The Labute approximate surface area is 165 Å². The van der Waals surface area contributed by atoms with Crippen LogP contribution in [0.2, 0.25) is 0 Å². The van der Waals surface area contributed by atoms with E-state index in [2.05, 4.69) is 19.6 Å². The number of fused-ring (bicyclic) bond motifs is 1. The van der Waals surface area contributed by atoms with Crippen molar-refractivity contribution in [2.45, 2.75) is 30.7 Å². The normalized spacial score (nSPS) is 13.2. The quantitative estimate of drug-likeness (QED) is 0.693. The average Bonchev–Trinajstić information content (AvgIpc) is 3.17. The molecule has 3 aromatic rings. The lowest BCUT2D eigenvalue weighted by Crippen LogP contribution is -2.20. The third kappa shape index (κ3) is 3.84. The van der Waals surface area contributed by atoms with Crippen LogP contribution in [-0.4, -0.2) is 25.4 Å². The molecule has 0 bridgehead atoms. The summed E-state index contributed by atoms with van der Waals surface area (Å²) >= 11 is 0. The summed E-state index contributed by atoms with van der Waals surface area (Å²) in [6.07, 6.45) is 4.76. The lowest BCUT2D eigenvalue weighted by molar-refractivity contribution is 0.601. The zero-order valence-corrected chi connectivity index (χ0v) is 16.5. The van der Waals surface area contributed by atoms with Crippen LogP contribution in [0.25, 0.3) is 0 Å². The molecule has 7 heteroatoms. The van der Waals surface area contributed by atoms with Gasteiger partial charge >= 0.3 is 0 Å². The van der Waals surface area contributed by atoms with E-state index in [1.165, 1.54) is 5.56 Å². The highest BCUT2D eigenvalue weighted by atomic mass is 32.2. The summed E-state index contributed by atoms with van der Waals surface area (Å²) < 4.78 is 27.7. The first kappa shape index (κ1) is 18.4. The lowest BCUT2D eigenvalue weighted by atomic mass is 10.1. The Balaban J connectivity index is 1.52. The van der Waals surface area contributed by atoms with Crippen molar-refractivity contribution in [1.29, 1.82) is 0 Å². The van der Waals surface area contributed by atoms with Gasteiger partial charge in [-0.2, -0.15) is 0 Å². The van der Waals surface area contributed by atoms with E-state index in [4.69, 9.17) is 0 Å². The topological polar surface area (TPSA) is 75.2 Å². The number of hydrogen-bond donors (Lipinski definition) is 1. The van der Waals surface area contributed by atoms with E-state index in [-0.39, 0.29) is 4.90 Å². The number of benzene rings is 2. The monoisotopic (exact) mass is 394 g/mol. The second-order valence-electron chi connectivity index (χ2n) is 6.95. The van der Waals surface area contributed by atoms with E-state index in [0.717, 1.165) is 36.3 Å². The SMILES string of the molecule is CN(Cc1cccc(NS(=O)(=O)c2ccccc2)c1)c1ncnc2c1CCC2. The maximum Gasteiger partial charge on any atom is 0.261 e. The number of anilines is 2. The van der Waals surface area contributed by atoms with Crippen LogP contribution in [0.15, 0.2) is 65.8 Å². The van der Waals surface area contributed by atoms with Crippen molar-refractivity contribution in [2.24, 2.45) is 0 Å². The Bertz CT molecular complexity index is 1080. The highest BCUT2D eigenvalue weighted by Gasteiger charge is 2.19. The Kier molecular flexibility index (Phi) is 5.00. The number of rotatable bonds is 6. The minimum atomic E-state index is -3.60. The van der Waals surface area contributed by atoms with Crippen molar-refractivity contribution < 1.29 is 8.42 Å². The van der Waals surface area contributed by atoms with E-state index in [9.17, 15) is 8.42 Å². The Hall–Kier alpha value is -2.93. The maximum absolute atomic E-state index is 12.5. The van der Waals surface area contributed by atoms with Crippen LogP contribution in [0.4, 0.5) is 11.5 Å². The summed E-state index contributed by atoms with van der Waals surface area (Å²) in [7, 11) is -1.60. The molecule has 144 valence electrons. The Morgan fingerprint density at radius 3 is 2.68 bits per heavy atom. The summed E-state index contributed by atoms with van der Waals surface area (Å²) in [5.41, 5.74) is 3.91. The van der Waals surface area contributed by atoms with Crippen molar-refractivity contribution in [3.8, 4) is 0 Å². The van der Waals surface area contributed by atoms with Crippen molar-refractivity contribution in [3.05, 3.63) is 77.7 Å². The number of sulfonamides is 1. The molecule has 0 saturated carbocycles. The molecule has 0 unspecified atom stereocenters. The molecule has 0 atom stereocenters. The largest absolute Gasteiger partial charge is 0.355 e. The molecule has 28 heavy (non-hydrogen) atoms. The van der Waals surface area contributed by atoms with Crippen LogP contribution in [0, 0.1) is 0 Å². The first-order valence-corrected chi connectivity index (χ1v) is 10.7. The van der Waals surface area contributed by atoms with Crippen LogP contribution in [-0.2, 0) is 29.4 Å². The molecule has 0 radical (unpaired) electrons. The summed E-state index contributed by atoms with van der Waals surface area (Å²) in [5.74, 6) is 0.956. The molecule has 0 saturated heterocycles. The van der Waals surface area contributed by atoms with E-state index in [1.807, 2.05) is 25.2 Å². The minimum absolute atomic E-state index is 0.245. The van der Waals surface area contributed by atoms with Crippen LogP contribution < -0.4 is 9.62 Å². The first-order valence-electron chi connectivity index (χ1n) is 9.23. The van der Waals surface area contributed by atoms with Gasteiger partial charge in [0.05, 0.1) is 4.90 Å². The smallest absolute Gasteiger partial charge is 0.261 e. The lowest BCUT2D eigenvalue weighted by Gasteiger charge is -2.21. The van der Waals surface area contributed by atoms with Gasteiger partial charge in [0.2, 0.25) is 0 Å². The van der Waals surface area contributed by atoms with Gasteiger partial charge in [0.15, 0.2) is 0 Å². The van der Waals surface area contributed by atoms with Gasteiger partial charge in [0.1, 0.15) is 12.1 Å². The molecule has 4 rings (SSSR count). The fraction of sp³-hybridized carbons (Fsp3) is 0.238. The summed E-state index contributed by atoms with van der Waals surface area (Å²) in [5, 5.41) is 0. The highest BCUT2D eigenvalue weighted by molar-refractivity contribution is 7.92. The van der Waals surface area contributed by atoms with Gasteiger partial charge in [0.25, 0.3) is 10.0 Å². The van der Waals surface area contributed by atoms with Crippen molar-refractivity contribution in [1.82, 2.24) is 9.97 Å². The molecule has 1 N–H and O–H groups in total. The molecular weight excluding hydrogens is 372 g/mol. The molecule has 0 amide bonds. The third-order valence-corrected chi connectivity index (χ3v) is 6.26. The van der Waals surface area contributed by atoms with E-state index < -0.39 is 10.0 Å². The standard InChI is InChI=1S/C21H22N4O2S/c1-25(21-19-11-6-12-20(19)22-15-23-21)14-16-7-5-8-17(13-16)24-28(26,27)18-9-3-2-4-10-18/h2-5,7-10,13,15,24H,6,11-12,14H2,1H3. The predicted octanol–water partition coefficient (Wildman–Crippen LogP) is 3.40. The van der Waals surface area contributed by atoms with Crippen LogP contribution in [0.5, 0.6) is 0 Å². The summed E-state index contributed by atoms with van der Waals surface area (Å²) in [4.78, 5) is 11.2. The third-order valence-electron chi connectivity index (χ3n) is 4.87. The van der Waals surface area contributed by atoms with Gasteiger partial charge < -0.3 is 4.90 Å². The molecule has 1 aromatic heterocycles. The van der Waals surface area contributed by atoms with Gasteiger partial charge in [-0.15, -0.1) is 0 Å². The van der Waals surface area contributed by atoms with Crippen molar-refractivity contribution >= 4 is 21.5 Å². The number of aryl methyl sites for hydroxylation is 1. The average molecular weight is 395 g/mol. The zero-order valence-electron chi connectivity index (χ0n) is 15.7. The highest BCUT2D eigenvalue weighted by Crippen LogP contribution is 2.28. The van der Waals surface area contributed by atoms with Crippen molar-refractivity contribution in [3.63, 3.8) is 0 Å². The molecular formula is C21H22N4O2S. The molecule has 1 aliphatic carbocycles. The van der Waals surface area contributed by atoms with Crippen LogP contribution in [0.1, 0.15) is 23.2 Å². The molecule has 6 nitrogen and oxygen atoms in total. The van der Waals surface area contributed by atoms with Gasteiger partial charge in [-0.05, 0) is 49.1 Å². The maximum atomic E-state index is 12.5. The van der Waals surface area contributed by atoms with E-state index in [1.54, 1.807) is 42.7 Å². The Morgan fingerprint density at radius 2 is 1.86 bits per heavy atom. The Morgan fingerprint density at radius 1 is 1.04 bits per heavy atom.